The van der Waals surface area contributed by atoms with E-state index in [1.165, 1.54) is 5.69 Å². The van der Waals surface area contributed by atoms with E-state index in [-0.39, 0.29) is 0 Å². The molecule has 0 radical (unpaired) electrons. The second-order valence-corrected chi connectivity index (χ2v) is 3.18. The van der Waals surface area contributed by atoms with Crippen molar-refractivity contribution in [3.05, 3.63) is 29.8 Å². The molecule has 0 aliphatic carbocycles. The summed E-state index contributed by atoms with van der Waals surface area (Å²) in [4.78, 5) is 2.28. The molecule has 0 bridgehead atoms. The van der Waals surface area contributed by atoms with Gasteiger partial charge in [-0.05, 0) is 31.5 Å². The quantitative estimate of drug-likeness (QED) is 0.726. The maximum absolute atomic E-state index is 8.60. The van der Waals surface area contributed by atoms with E-state index in [1.807, 2.05) is 12.1 Å². The molecule has 1 rings (SSSR count). The van der Waals surface area contributed by atoms with E-state index in [9.17, 15) is 0 Å². The number of hydrogen-bond donors (Lipinski definition) is 0. The third-order valence-corrected chi connectivity index (χ3v) is 2.32. The molecule has 2 nitrogen and oxygen atoms in total. The van der Waals surface area contributed by atoms with E-state index >= 15 is 0 Å². The Balaban J connectivity index is 2.87. The van der Waals surface area contributed by atoms with Gasteiger partial charge >= 0.3 is 0 Å². The van der Waals surface area contributed by atoms with E-state index < -0.39 is 0 Å². The standard InChI is InChI=1S/C12H16N2/c1-3-14(4-2)12-7-5-6-11(10-12)8-9-13/h5-7,10H,3-4,8H2,1-2H3. The summed E-state index contributed by atoms with van der Waals surface area (Å²) < 4.78 is 0. The van der Waals surface area contributed by atoms with Crippen LogP contribution in [0.3, 0.4) is 0 Å². The van der Waals surface area contributed by atoms with Gasteiger partial charge < -0.3 is 4.90 Å². The van der Waals surface area contributed by atoms with Crippen LogP contribution in [-0.2, 0) is 6.42 Å². The Hall–Kier alpha value is -1.49. The Labute approximate surface area is 85.8 Å². The van der Waals surface area contributed by atoms with Gasteiger partial charge in [0.1, 0.15) is 0 Å². The predicted octanol–water partition coefficient (Wildman–Crippen LogP) is 2.60. The molecule has 0 aliphatic heterocycles. The van der Waals surface area contributed by atoms with Crippen LogP contribution >= 0.6 is 0 Å². The van der Waals surface area contributed by atoms with Gasteiger partial charge in [-0.2, -0.15) is 5.26 Å². The number of benzene rings is 1. The third kappa shape index (κ3) is 2.50. The summed E-state index contributed by atoms with van der Waals surface area (Å²) in [6, 6.07) is 10.4. The number of hydrogen-bond acceptors (Lipinski definition) is 2. The summed E-state index contributed by atoms with van der Waals surface area (Å²) in [5.74, 6) is 0. The molecule has 0 heterocycles. The van der Waals surface area contributed by atoms with Gasteiger partial charge in [-0.15, -0.1) is 0 Å². The first-order valence-electron chi connectivity index (χ1n) is 5.02. The van der Waals surface area contributed by atoms with Crippen LogP contribution in [0.15, 0.2) is 24.3 Å². The molecule has 0 unspecified atom stereocenters. The summed E-state index contributed by atoms with van der Waals surface area (Å²) in [6.07, 6.45) is 0.495. The van der Waals surface area contributed by atoms with Crippen molar-refractivity contribution >= 4 is 5.69 Å². The fourth-order valence-corrected chi connectivity index (χ4v) is 1.54. The molecule has 0 aliphatic rings. The summed E-state index contributed by atoms with van der Waals surface area (Å²) >= 11 is 0. The molecule has 2 heteroatoms. The minimum atomic E-state index is 0.495. The van der Waals surface area contributed by atoms with Crippen molar-refractivity contribution in [3.8, 4) is 6.07 Å². The van der Waals surface area contributed by atoms with Crippen LogP contribution < -0.4 is 4.90 Å². The molecule has 0 saturated heterocycles. The van der Waals surface area contributed by atoms with Crippen molar-refractivity contribution in [2.24, 2.45) is 0 Å². The predicted molar refractivity (Wildman–Crippen MR) is 59.3 cm³/mol. The Morgan fingerprint density at radius 3 is 2.57 bits per heavy atom. The van der Waals surface area contributed by atoms with E-state index in [0.717, 1.165) is 18.7 Å². The molecular weight excluding hydrogens is 172 g/mol. The zero-order valence-electron chi connectivity index (χ0n) is 8.83. The molecule has 1 aromatic carbocycles. The zero-order valence-corrected chi connectivity index (χ0v) is 8.83. The van der Waals surface area contributed by atoms with Crippen molar-refractivity contribution in [2.45, 2.75) is 20.3 Å². The van der Waals surface area contributed by atoms with Gasteiger partial charge in [-0.25, -0.2) is 0 Å². The van der Waals surface area contributed by atoms with Crippen molar-refractivity contribution in [3.63, 3.8) is 0 Å². The molecule has 74 valence electrons. The SMILES string of the molecule is CCN(CC)c1cccc(CC#N)c1. The topological polar surface area (TPSA) is 27.0 Å². The van der Waals surface area contributed by atoms with Gasteiger partial charge in [-0.1, -0.05) is 12.1 Å². The van der Waals surface area contributed by atoms with Gasteiger partial charge in [0.25, 0.3) is 0 Å². The third-order valence-electron chi connectivity index (χ3n) is 2.32. The average molecular weight is 188 g/mol. The Morgan fingerprint density at radius 2 is 2.00 bits per heavy atom. The summed E-state index contributed by atoms with van der Waals surface area (Å²) in [5.41, 5.74) is 2.31. The fourth-order valence-electron chi connectivity index (χ4n) is 1.54. The normalized spacial score (nSPS) is 9.50. The van der Waals surface area contributed by atoms with Crippen molar-refractivity contribution in [1.29, 1.82) is 5.26 Å². The number of nitrogens with zero attached hydrogens (tertiary/aromatic N) is 2. The number of rotatable bonds is 4. The highest BCUT2D eigenvalue weighted by Crippen LogP contribution is 2.15. The average Bonchev–Trinajstić information content (AvgIpc) is 2.21. The molecular formula is C12H16N2. The highest BCUT2D eigenvalue weighted by atomic mass is 15.1. The molecule has 0 atom stereocenters. The van der Waals surface area contributed by atoms with Crippen LogP contribution in [0.5, 0.6) is 0 Å². The molecule has 0 saturated carbocycles. The van der Waals surface area contributed by atoms with Crippen molar-refractivity contribution in [1.82, 2.24) is 0 Å². The zero-order chi connectivity index (χ0) is 10.4. The molecule has 0 fully saturated rings. The van der Waals surface area contributed by atoms with Crippen LogP contribution in [0.4, 0.5) is 5.69 Å². The molecule has 0 spiro atoms. The molecule has 0 N–H and O–H groups in total. The minimum Gasteiger partial charge on any atom is -0.372 e. The van der Waals surface area contributed by atoms with E-state index in [1.54, 1.807) is 0 Å². The van der Waals surface area contributed by atoms with Gasteiger partial charge in [0.15, 0.2) is 0 Å². The highest BCUT2D eigenvalue weighted by molar-refractivity contribution is 5.48. The van der Waals surface area contributed by atoms with Crippen molar-refractivity contribution < 1.29 is 0 Å². The molecule has 14 heavy (non-hydrogen) atoms. The first-order chi connectivity index (χ1) is 6.81. The Morgan fingerprint density at radius 1 is 1.29 bits per heavy atom. The summed E-state index contributed by atoms with van der Waals surface area (Å²) in [5, 5.41) is 8.60. The number of nitriles is 1. The second-order valence-electron chi connectivity index (χ2n) is 3.18. The first kappa shape index (κ1) is 10.6. The van der Waals surface area contributed by atoms with Gasteiger partial charge in [-0.3, -0.25) is 0 Å². The summed E-state index contributed by atoms with van der Waals surface area (Å²) in [6.45, 7) is 6.29. The first-order valence-corrected chi connectivity index (χ1v) is 5.02. The second kappa shape index (κ2) is 5.29. The van der Waals surface area contributed by atoms with E-state index in [4.69, 9.17) is 5.26 Å². The monoisotopic (exact) mass is 188 g/mol. The van der Waals surface area contributed by atoms with E-state index in [0.29, 0.717) is 6.42 Å². The van der Waals surface area contributed by atoms with E-state index in [2.05, 4.69) is 36.9 Å². The lowest BCUT2D eigenvalue weighted by atomic mass is 10.1. The highest BCUT2D eigenvalue weighted by Gasteiger charge is 2.01. The fraction of sp³-hybridized carbons (Fsp3) is 0.417. The Kier molecular flexibility index (Phi) is 4.00. The molecule has 0 amide bonds. The lowest BCUT2D eigenvalue weighted by Crippen LogP contribution is -2.21. The maximum atomic E-state index is 8.60. The van der Waals surface area contributed by atoms with Gasteiger partial charge in [0, 0.05) is 18.8 Å². The van der Waals surface area contributed by atoms with Gasteiger partial charge in [0.2, 0.25) is 0 Å². The Bertz CT molecular complexity index is 321. The van der Waals surface area contributed by atoms with Crippen LogP contribution in [0.2, 0.25) is 0 Å². The van der Waals surface area contributed by atoms with Gasteiger partial charge in [0.05, 0.1) is 12.5 Å². The largest absolute Gasteiger partial charge is 0.372 e. The van der Waals surface area contributed by atoms with Crippen LogP contribution in [0.25, 0.3) is 0 Å². The lowest BCUT2D eigenvalue weighted by Gasteiger charge is -2.21. The van der Waals surface area contributed by atoms with Crippen molar-refractivity contribution in [2.75, 3.05) is 18.0 Å². The van der Waals surface area contributed by atoms with Crippen LogP contribution in [-0.4, -0.2) is 13.1 Å². The maximum Gasteiger partial charge on any atom is 0.0669 e. The lowest BCUT2D eigenvalue weighted by molar-refractivity contribution is 0.865. The molecule has 0 aromatic heterocycles. The summed E-state index contributed by atoms with van der Waals surface area (Å²) in [7, 11) is 0. The number of anilines is 1. The molecule has 1 aromatic rings. The smallest absolute Gasteiger partial charge is 0.0669 e. The van der Waals surface area contributed by atoms with Crippen LogP contribution in [0, 0.1) is 11.3 Å². The minimum absolute atomic E-state index is 0.495. The van der Waals surface area contributed by atoms with Crippen LogP contribution in [0.1, 0.15) is 19.4 Å².